The maximum absolute atomic E-state index is 13.3. The minimum atomic E-state index is -2.18. The fourth-order valence-corrected chi connectivity index (χ4v) is 4.27. The molecule has 0 bridgehead atoms. The predicted octanol–water partition coefficient (Wildman–Crippen LogP) is 4.00. The van der Waals surface area contributed by atoms with Crippen molar-refractivity contribution in [1.82, 2.24) is 15.5 Å². The van der Waals surface area contributed by atoms with Crippen LogP contribution in [0.1, 0.15) is 53.4 Å². The lowest BCUT2D eigenvalue weighted by Gasteiger charge is -2.37. The molecule has 34 heavy (non-hydrogen) atoms. The molecule has 0 aliphatic heterocycles. The molecule has 1 saturated carbocycles. The summed E-state index contributed by atoms with van der Waals surface area (Å²) in [6.45, 7) is 20.5. The predicted molar refractivity (Wildman–Crippen MR) is 138 cm³/mol. The summed E-state index contributed by atoms with van der Waals surface area (Å²) in [6, 6.07) is -1.31. The molecule has 2 N–H and O–H groups in total. The Labute approximate surface area is 206 Å². The monoisotopic (exact) mass is 495 g/mol. The highest BCUT2D eigenvalue weighted by atomic mass is 28.4. The van der Waals surface area contributed by atoms with Crippen molar-refractivity contribution in [3.05, 3.63) is 25.3 Å². The first-order chi connectivity index (χ1) is 15.8. The molecule has 0 aromatic carbocycles. The number of carbonyl (C=O) groups is 3. The average Bonchev–Trinajstić information content (AvgIpc) is 3.47. The minimum absolute atomic E-state index is 0.0238. The summed E-state index contributed by atoms with van der Waals surface area (Å²) in [5.41, 5.74) is -1.13. The van der Waals surface area contributed by atoms with Gasteiger partial charge in [-0.3, -0.25) is 4.79 Å². The second-order valence-corrected chi connectivity index (χ2v) is 15.3. The number of nitrogens with one attached hydrogen (secondary N) is 2. The van der Waals surface area contributed by atoms with Gasteiger partial charge in [-0.25, -0.2) is 9.59 Å². The summed E-state index contributed by atoms with van der Waals surface area (Å²) in [5.74, 6) is -1.16. The number of unbranched alkanes of at least 4 members (excludes halogenated alkanes) is 2. The number of nitrogens with zero attached hydrogens (tertiary/aromatic N) is 1. The first-order valence-electron chi connectivity index (χ1n) is 12.1. The normalized spacial score (nSPS) is 20.6. The number of urea groups is 1. The molecule has 0 radical (unpaired) electrons. The number of esters is 1. The highest BCUT2D eigenvalue weighted by Gasteiger charge is 2.61. The van der Waals surface area contributed by atoms with Crippen molar-refractivity contribution >= 4 is 26.2 Å². The molecular weight excluding hydrogens is 450 g/mol. The first kappa shape index (κ1) is 29.9. The Morgan fingerprint density at radius 1 is 1.24 bits per heavy atom. The van der Waals surface area contributed by atoms with Crippen molar-refractivity contribution in [2.75, 3.05) is 26.8 Å². The second-order valence-electron chi connectivity index (χ2n) is 10.5. The summed E-state index contributed by atoms with van der Waals surface area (Å²) in [7, 11) is -0.486. The molecule has 8 nitrogen and oxygen atoms in total. The number of rotatable bonds is 14. The molecule has 0 aromatic heterocycles. The van der Waals surface area contributed by atoms with Crippen molar-refractivity contribution in [1.29, 1.82) is 0 Å². The summed E-state index contributed by atoms with van der Waals surface area (Å²) >= 11 is 0. The zero-order chi connectivity index (χ0) is 26.2. The largest absolute Gasteiger partial charge is 0.464 e. The Morgan fingerprint density at radius 2 is 1.88 bits per heavy atom. The number of amides is 3. The number of hydrogen-bond donors (Lipinski definition) is 2. The number of allylic oxidation sites excluding steroid dienone is 1. The summed E-state index contributed by atoms with van der Waals surface area (Å²) in [4.78, 5) is 40.3. The van der Waals surface area contributed by atoms with Gasteiger partial charge in [0.1, 0.15) is 11.6 Å². The van der Waals surface area contributed by atoms with E-state index in [0.29, 0.717) is 13.0 Å². The first-order valence-corrected chi connectivity index (χ1v) is 15.0. The third-order valence-corrected chi connectivity index (χ3v) is 11.3. The van der Waals surface area contributed by atoms with E-state index in [4.69, 9.17) is 9.16 Å². The minimum Gasteiger partial charge on any atom is -0.464 e. The fraction of sp³-hybridized carbons (Fsp3) is 0.720. The highest BCUT2D eigenvalue weighted by molar-refractivity contribution is 6.74. The molecule has 0 aromatic rings. The van der Waals surface area contributed by atoms with E-state index >= 15 is 0 Å². The van der Waals surface area contributed by atoms with E-state index in [1.54, 1.807) is 24.9 Å². The van der Waals surface area contributed by atoms with E-state index in [-0.39, 0.29) is 30.2 Å². The van der Waals surface area contributed by atoms with Crippen LogP contribution in [0.5, 0.6) is 0 Å². The maximum Gasteiger partial charge on any atom is 0.332 e. The molecule has 3 atom stereocenters. The number of hydrogen-bond acceptors (Lipinski definition) is 5. The topological polar surface area (TPSA) is 97.0 Å². The maximum atomic E-state index is 13.3. The van der Waals surface area contributed by atoms with Gasteiger partial charge in [-0.15, -0.1) is 13.2 Å². The van der Waals surface area contributed by atoms with Crippen LogP contribution < -0.4 is 10.6 Å². The Kier molecular flexibility index (Phi) is 11.0. The van der Waals surface area contributed by atoms with Crippen molar-refractivity contribution in [2.24, 2.45) is 5.92 Å². The van der Waals surface area contributed by atoms with E-state index in [2.05, 4.69) is 57.7 Å². The van der Waals surface area contributed by atoms with Gasteiger partial charge < -0.3 is 24.7 Å². The number of carbonyl (C=O) groups excluding carboxylic acids is 3. The van der Waals surface area contributed by atoms with E-state index in [1.807, 2.05) is 6.08 Å². The molecule has 3 amide bonds. The van der Waals surface area contributed by atoms with Gasteiger partial charge in [0.05, 0.1) is 13.2 Å². The third kappa shape index (κ3) is 7.97. The van der Waals surface area contributed by atoms with Crippen LogP contribution in [-0.4, -0.2) is 69.5 Å². The Bertz CT molecular complexity index is 749. The molecule has 1 aliphatic carbocycles. The third-order valence-electron chi connectivity index (χ3n) is 6.81. The van der Waals surface area contributed by atoms with Crippen LogP contribution in [0.15, 0.2) is 25.3 Å². The molecule has 0 unspecified atom stereocenters. The van der Waals surface area contributed by atoms with Gasteiger partial charge in [0.15, 0.2) is 8.32 Å². The lowest BCUT2D eigenvalue weighted by molar-refractivity contribution is -0.149. The van der Waals surface area contributed by atoms with Crippen LogP contribution in [0.4, 0.5) is 4.79 Å². The molecule has 194 valence electrons. The van der Waals surface area contributed by atoms with E-state index in [0.717, 1.165) is 19.3 Å². The fourth-order valence-electron chi connectivity index (χ4n) is 3.26. The van der Waals surface area contributed by atoms with Crippen LogP contribution in [0.2, 0.25) is 18.1 Å². The zero-order valence-electron chi connectivity index (χ0n) is 22.2. The summed E-state index contributed by atoms with van der Waals surface area (Å²) < 4.78 is 11.5. The molecule has 1 fully saturated rings. The van der Waals surface area contributed by atoms with Gasteiger partial charge in [0.2, 0.25) is 5.91 Å². The van der Waals surface area contributed by atoms with Crippen LogP contribution >= 0.6 is 0 Å². The smallest absolute Gasteiger partial charge is 0.332 e. The van der Waals surface area contributed by atoms with Gasteiger partial charge in [-0.2, -0.15) is 0 Å². The molecule has 0 spiro atoms. The second kappa shape index (κ2) is 12.5. The van der Waals surface area contributed by atoms with Crippen LogP contribution in [0.3, 0.4) is 0 Å². The van der Waals surface area contributed by atoms with Crippen LogP contribution in [-0.2, 0) is 18.8 Å². The molecule has 1 rings (SSSR count). The Morgan fingerprint density at radius 3 is 2.38 bits per heavy atom. The standard InChI is InChI=1S/C25H45N3O5Si/c1-10-13-14-15-16-28(7)23(31)26-20(18-33-34(8,9)24(4,5)6)21(29)27-25(17-19(25)11-2)22(30)32-12-3/h10-11,19-20H,1-2,12-18H2,3-9H3,(H,26,31)(H,27,29)/t19-,20+,25-/m1/s1. The van der Waals surface area contributed by atoms with Gasteiger partial charge in [0.25, 0.3) is 0 Å². The van der Waals surface area contributed by atoms with Crippen molar-refractivity contribution in [2.45, 2.75) is 83.1 Å². The summed E-state index contributed by atoms with van der Waals surface area (Å²) in [5, 5.41) is 5.59. The molecular formula is C25H45N3O5Si. The van der Waals surface area contributed by atoms with Gasteiger partial charge >= 0.3 is 12.0 Å². The highest BCUT2D eigenvalue weighted by Crippen LogP contribution is 2.45. The van der Waals surface area contributed by atoms with Crippen molar-refractivity contribution in [3.8, 4) is 0 Å². The SMILES string of the molecule is C=CCCCCN(C)C(=O)N[C@@H](CO[Si](C)(C)C(C)(C)C)C(=O)N[C@]1(C(=O)OCC)C[C@H]1C=C. The summed E-state index contributed by atoms with van der Waals surface area (Å²) in [6.07, 6.45) is 6.58. The average molecular weight is 496 g/mol. The lowest BCUT2D eigenvalue weighted by Crippen LogP contribution is -2.58. The van der Waals surface area contributed by atoms with Gasteiger partial charge in [0, 0.05) is 19.5 Å². The van der Waals surface area contributed by atoms with Gasteiger partial charge in [-0.05, 0) is 50.7 Å². The van der Waals surface area contributed by atoms with Crippen LogP contribution in [0.25, 0.3) is 0 Å². The Balaban J connectivity index is 2.98. The van der Waals surface area contributed by atoms with E-state index < -0.39 is 31.8 Å². The Hall–Kier alpha value is -2.13. The lowest BCUT2D eigenvalue weighted by atomic mass is 10.1. The van der Waals surface area contributed by atoms with Crippen molar-refractivity contribution < 1.29 is 23.5 Å². The number of ether oxygens (including phenoxy) is 1. The quantitative estimate of drug-likeness (QED) is 0.164. The molecule has 1 aliphatic rings. The molecule has 9 heteroatoms. The van der Waals surface area contributed by atoms with Crippen LogP contribution in [0, 0.1) is 5.92 Å². The molecule has 0 heterocycles. The molecule has 0 saturated heterocycles. The van der Waals surface area contributed by atoms with Crippen molar-refractivity contribution in [3.63, 3.8) is 0 Å². The van der Waals surface area contributed by atoms with E-state index in [9.17, 15) is 14.4 Å². The van der Waals surface area contributed by atoms with Gasteiger partial charge in [-0.1, -0.05) is 32.9 Å². The zero-order valence-corrected chi connectivity index (χ0v) is 23.2. The van der Waals surface area contributed by atoms with E-state index in [1.165, 1.54) is 0 Å².